The Kier molecular flexibility index (Phi) is 6.36. The fourth-order valence-corrected chi connectivity index (χ4v) is 5.03. The van der Waals surface area contributed by atoms with Gasteiger partial charge in [-0.1, -0.05) is 24.3 Å². The molecule has 4 rings (SSSR count). The zero-order valence-electron chi connectivity index (χ0n) is 19.9. The van der Waals surface area contributed by atoms with Crippen molar-refractivity contribution in [2.75, 3.05) is 10.0 Å². The summed E-state index contributed by atoms with van der Waals surface area (Å²) in [6.07, 6.45) is 0. The molecule has 0 fully saturated rings. The number of aromatic nitrogens is 2. The number of sulfonamides is 1. The average molecular weight is 491 g/mol. The van der Waals surface area contributed by atoms with Gasteiger partial charge in [-0.25, -0.2) is 13.1 Å². The molecule has 0 spiro atoms. The van der Waals surface area contributed by atoms with E-state index in [4.69, 9.17) is 0 Å². The van der Waals surface area contributed by atoms with Gasteiger partial charge in [0.25, 0.3) is 21.5 Å². The van der Waals surface area contributed by atoms with Crippen LogP contribution in [0.25, 0.3) is 5.69 Å². The molecule has 1 aromatic heterocycles. The van der Waals surface area contributed by atoms with Crippen LogP contribution < -0.4 is 15.6 Å². The average Bonchev–Trinajstić information content (AvgIpc) is 3.02. The Morgan fingerprint density at radius 3 is 2.06 bits per heavy atom. The van der Waals surface area contributed by atoms with Crippen LogP contribution in [0.1, 0.15) is 27.2 Å². The van der Waals surface area contributed by atoms with Crippen molar-refractivity contribution in [1.29, 1.82) is 0 Å². The predicted octanol–water partition coefficient (Wildman–Crippen LogP) is 4.15. The van der Waals surface area contributed by atoms with Crippen LogP contribution in [0, 0.1) is 20.8 Å². The quantitative estimate of drug-likeness (QED) is 0.424. The molecule has 0 aliphatic heterocycles. The number of aryl methyl sites for hydroxylation is 2. The van der Waals surface area contributed by atoms with Crippen LogP contribution in [0.5, 0.6) is 0 Å². The predicted molar refractivity (Wildman–Crippen MR) is 137 cm³/mol. The molecule has 0 radical (unpaired) electrons. The summed E-state index contributed by atoms with van der Waals surface area (Å²) in [5.74, 6) is -0.350. The smallest absolute Gasteiger partial charge is 0.296 e. The maximum atomic E-state index is 13.0. The minimum Gasteiger partial charge on any atom is -0.322 e. The molecular weight excluding hydrogens is 464 g/mol. The highest BCUT2D eigenvalue weighted by atomic mass is 32.2. The molecule has 0 saturated heterocycles. The second-order valence-corrected chi connectivity index (χ2v) is 10.1. The van der Waals surface area contributed by atoms with Gasteiger partial charge < -0.3 is 5.32 Å². The lowest BCUT2D eigenvalue weighted by molar-refractivity contribution is 0.102. The number of nitrogens with one attached hydrogen (secondary N) is 2. The van der Waals surface area contributed by atoms with Gasteiger partial charge >= 0.3 is 0 Å². The van der Waals surface area contributed by atoms with Crippen molar-refractivity contribution in [3.8, 4) is 5.69 Å². The lowest BCUT2D eigenvalue weighted by Gasteiger charge is -2.09. The Hall–Kier alpha value is -4.11. The molecule has 180 valence electrons. The second-order valence-electron chi connectivity index (χ2n) is 8.40. The highest BCUT2D eigenvalue weighted by molar-refractivity contribution is 7.92. The van der Waals surface area contributed by atoms with Gasteiger partial charge in [0.1, 0.15) is 5.69 Å². The third-order valence-corrected chi connectivity index (χ3v) is 7.06. The highest BCUT2D eigenvalue weighted by Crippen LogP contribution is 2.20. The molecular formula is C26H26N4O4S. The van der Waals surface area contributed by atoms with Gasteiger partial charge in [-0.15, -0.1) is 0 Å². The van der Waals surface area contributed by atoms with Gasteiger partial charge in [-0.2, -0.15) is 0 Å². The lowest BCUT2D eigenvalue weighted by atomic mass is 10.1. The number of benzene rings is 3. The van der Waals surface area contributed by atoms with Gasteiger partial charge in [0.05, 0.1) is 16.3 Å². The van der Waals surface area contributed by atoms with Crippen LogP contribution in [0.3, 0.4) is 0 Å². The molecule has 0 bridgehead atoms. The van der Waals surface area contributed by atoms with Crippen molar-refractivity contribution < 1.29 is 13.2 Å². The minimum atomic E-state index is -4.06. The van der Waals surface area contributed by atoms with E-state index >= 15 is 0 Å². The van der Waals surface area contributed by atoms with Crippen LogP contribution in [0.4, 0.5) is 11.4 Å². The van der Waals surface area contributed by atoms with E-state index in [1.165, 1.54) is 28.9 Å². The Labute approximate surface area is 203 Å². The fraction of sp³-hybridized carbons (Fsp3) is 0.154. The van der Waals surface area contributed by atoms with Crippen molar-refractivity contribution in [3.63, 3.8) is 0 Å². The number of hydrogen-bond donors (Lipinski definition) is 2. The van der Waals surface area contributed by atoms with E-state index in [2.05, 4.69) is 10.0 Å². The Morgan fingerprint density at radius 2 is 1.46 bits per heavy atom. The van der Waals surface area contributed by atoms with Crippen molar-refractivity contribution in [1.82, 2.24) is 9.36 Å². The largest absolute Gasteiger partial charge is 0.322 e. The summed E-state index contributed by atoms with van der Waals surface area (Å²) in [4.78, 5) is 25.6. The summed E-state index contributed by atoms with van der Waals surface area (Å²) in [6.45, 7) is 5.55. The molecule has 1 amide bonds. The van der Waals surface area contributed by atoms with E-state index in [-0.39, 0.29) is 16.5 Å². The SMILES string of the molecule is Cc1cc(C)cc(NC(=O)c2ccc(S(=O)(=O)Nc3c(C)n(C)n(-c4ccccc4)c3=O)cc2)c1. The van der Waals surface area contributed by atoms with Crippen LogP contribution in [0.15, 0.2) is 82.5 Å². The fourth-order valence-electron chi connectivity index (χ4n) is 3.91. The maximum Gasteiger partial charge on any atom is 0.296 e. The summed E-state index contributed by atoms with van der Waals surface area (Å²) in [5.41, 5.74) is 3.59. The molecule has 4 aromatic rings. The van der Waals surface area contributed by atoms with Crippen LogP contribution in [-0.4, -0.2) is 23.7 Å². The normalized spacial score (nSPS) is 11.3. The highest BCUT2D eigenvalue weighted by Gasteiger charge is 2.22. The number of carbonyl (C=O) groups is 1. The molecule has 0 saturated carbocycles. The first-order valence-electron chi connectivity index (χ1n) is 10.9. The van der Waals surface area contributed by atoms with Gasteiger partial charge in [0.15, 0.2) is 0 Å². The summed E-state index contributed by atoms with van der Waals surface area (Å²) >= 11 is 0. The van der Waals surface area contributed by atoms with Crippen molar-refractivity contribution >= 4 is 27.3 Å². The van der Waals surface area contributed by atoms with Crippen molar-refractivity contribution in [3.05, 3.63) is 106 Å². The summed E-state index contributed by atoms with van der Waals surface area (Å²) in [5, 5.41) is 2.83. The molecule has 2 N–H and O–H groups in total. The number of amides is 1. The zero-order valence-corrected chi connectivity index (χ0v) is 20.7. The third-order valence-electron chi connectivity index (χ3n) is 5.70. The van der Waals surface area contributed by atoms with E-state index in [0.29, 0.717) is 22.6 Å². The first-order valence-corrected chi connectivity index (χ1v) is 12.4. The number of rotatable bonds is 6. The summed E-state index contributed by atoms with van der Waals surface area (Å²) in [7, 11) is -2.38. The van der Waals surface area contributed by atoms with Gasteiger partial charge in [-0.3, -0.25) is 19.0 Å². The third kappa shape index (κ3) is 4.90. The van der Waals surface area contributed by atoms with Crippen LogP contribution in [0.2, 0.25) is 0 Å². The van der Waals surface area contributed by atoms with Crippen molar-refractivity contribution in [2.24, 2.45) is 7.05 Å². The molecule has 0 aliphatic rings. The van der Waals surface area contributed by atoms with E-state index in [1.54, 1.807) is 42.9 Å². The van der Waals surface area contributed by atoms with E-state index in [9.17, 15) is 18.0 Å². The van der Waals surface area contributed by atoms with E-state index in [0.717, 1.165) is 11.1 Å². The number of carbonyl (C=O) groups excluding carboxylic acids is 1. The van der Waals surface area contributed by atoms with Gasteiger partial charge in [0.2, 0.25) is 0 Å². The van der Waals surface area contributed by atoms with E-state index in [1.807, 2.05) is 38.1 Å². The zero-order chi connectivity index (χ0) is 25.3. The number of nitrogens with zero attached hydrogens (tertiary/aromatic N) is 2. The molecule has 0 aliphatic carbocycles. The maximum absolute atomic E-state index is 13.0. The second kappa shape index (κ2) is 9.27. The standard InChI is InChI=1S/C26H26N4O4S/c1-17-14-18(2)16-21(15-17)27-25(31)20-10-12-23(13-11-20)35(33,34)28-24-19(3)29(4)30(26(24)32)22-8-6-5-7-9-22/h5-16,28H,1-4H3,(H,27,31). The molecule has 0 unspecified atom stereocenters. The minimum absolute atomic E-state index is 0.0343. The van der Waals surface area contributed by atoms with Gasteiger partial charge in [0, 0.05) is 18.3 Å². The van der Waals surface area contributed by atoms with E-state index < -0.39 is 15.6 Å². The first kappa shape index (κ1) is 24.0. The molecule has 35 heavy (non-hydrogen) atoms. The molecule has 9 heteroatoms. The number of hydrogen-bond acceptors (Lipinski definition) is 4. The molecule has 8 nitrogen and oxygen atoms in total. The molecule has 0 atom stereocenters. The Bertz CT molecular complexity index is 1550. The number of para-hydroxylation sites is 1. The Morgan fingerprint density at radius 1 is 0.857 bits per heavy atom. The summed E-state index contributed by atoms with van der Waals surface area (Å²) in [6, 6.07) is 20.2. The van der Waals surface area contributed by atoms with Crippen LogP contribution in [-0.2, 0) is 17.1 Å². The first-order chi connectivity index (χ1) is 16.6. The topological polar surface area (TPSA) is 102 Å². The molecule has 3 aromatic carbocycles. The molecule has 1 heterocycles. The monoisotopic (exact) mass is 490 g/mol. The van der Waals surface area contributed by atoms with Crippen LogP contribution >= 0.6 is 0 Å². The number of anilines is 2. The summed E-state index contributed by atoms with van der Waals surface area (Å²) < 4.78 is 31.5. The van der Waals surface area contributed by atoms with Crippen molar-refractivity contribution in [2.45, 2.75) is 25.7 Å². The Balaban J connectivity index is 1.57. The lowest BCUT2D eigenvalue weighted by Crippen LogP contribution is -2.23. The van der Waals surface area contributed by atoms with Gasteiger partial charge in [-0.05, 0) is 80.4 Å².